The van der Waals surface area contributed by atoms with Gasteiger partial charge in [-0.25, -0.2) is 9.97 Å². The summed E-state index contributed by atoms with van der Waals surface area (Å²) in [5.74, 6) is 1.24. The Morgan fingerprint density at radius 1 is 1.06 bits per heavy atom. The van der Waals surface area contributed by atoms with Crippen LogP contribution in [0.15, 0.2) is 71.3 Å². The van der Waals surface area contributed by atoms with Crippen molar-refractivity contribution in [3.63, 3.8) is 0 Å². The molecule has 0 spiro atoms. The molecule has 0 radical (unpaired) electrons. The molecule has 6 heteroatoms. The fourth-order valence-electron chi connectivity index (χ4n) is 4.15. The molecule has 1 aliphatic rings. The van der Waals surface area contributed by atoms with Crippen LogP contribution in [-0.2, 0) is 6.42 Å². The first-order chi connectivity index (χ1) is 15.2. The number of halogens is 1. The van der Waals surface area contributed by atoms with Gasteiger partial charge in [0.05, 0.1) is 11.7 Å². The highest BCUT2D eigenvalue weighted by Crippen LogP contribution is 2.32. The van der Waals surface area contributed by atoms with Crippen molar-refractivity contribution in [3.8, 4) is 0 Å². The predicted octanol–water partition coefficient (Wildman–Crippen LogP) is 5.83. The molecule has 5 rings (SSSR count). The Morgan fingerprint density at radius 2 is 1.90 bits per heavy atom. The average molecular weight is 432 g/mol. The Balaban J connectivity index is 1.39. The van der Waals surface area contributed by atoms with E-state index in [2.05, 4.69) is 9.97 Å². The van der Waals surface area contributed by atoms with Gasteiger partial charge >= 0.3 is 0 Å². The maximum Gasteiger partial charge on any atom is 0.273 e. The molecule has 5 nitrogen and oxygen atoms in total. The number of aromatic nitrogens is 2. The number of benzene rings is 2. The van der Waals surface area contributed by atoms with Crippen molar-refractivity contribution in [2.45, 2.75) is 31.7 Å². The minimum atomic E-state index is -0.186. The molecule has 1 atom stereocenters. The molecule has 0 saturated carbocycles. The molecule has 1 aliphatic heterocycles. The number of fused-ring (bicyclic) bond motifs is 1. The lowest BCUT2D eigenvalue weighted by Crippen LogP contribution is -2.39. The summed E-state index contributed by atoms with van der Waals surface area (Å²) in [4.78, 5) is 24.3. The summed E-state index contributed by atoms with van der Waals surface area (Å²) in [6.07, 6.45) is 5.12. The molecule has 1 amide bonds. The Labute approximate surface area is 185 Å². The van der Waals surface area contributed by atoms with Crippen molar-refractivity contribution >= 4 is 28.4 Å². The maximum absolute atomic E-state index is 13.3. The Bertz CT molecular complexity index is 1240. The fraction of sp³-hybridized carbons (Fsp3) is 0.240. The lowest BCUT2D eigenvalue weighted by atomic mass is 10.0. The van der Waals surface area contributed by atoms with Gasteiger partial charge < -0.3 is 9.32 Å². The van der Waals surface area contributed by atoms with Gasteiger partial charge in [-0.05, 0) is 43.0 Å². The van der Waals surface area contributed by atoms with E-state index in [4.69, 9.17) is 16.0 Å². The van der Waals surface area contributed by atoms with Crippen LogP contribution in [0.5, 0.6) is 0 Å². The fourth-order valence-corrected chi connectivity index (χ4v) is 4.35. The van der Waals surface area contributed by atoms with Gasteiger partial charge in [-0.3, -0.25) is 4.79 Å². The molecule has 4 aromatic rings. The zero-order chi connectivity index (χ0) is 21.2. The molecule has 1 unspecified atom stereocenters. The van der Waals surface area contributed by atoms with Crippen LogP contribution in [0.4, 0.5) is 0 Å². The molecule has 1 fully saturated rings. The van der Waals surface area contributed by atoms with E-state index in [1.165, 1.54) is 0 Å². The van der Waals surface area contributed by atoms with Crippen molar-refractivity contribution in [1.29, 1.82) is 0 Å². The molecule has 0 aliphatic carbocycles. The number of hydrogen-bond donors (Lipinski definition) is 0. The first-order valence-electron chi connectivity index (χ1n) is 10.5. The molecule has 0 bridgehead atoms. The van der Waals surface area contributed by atoms with Gasteiger partial charge in [-0.2, -0.15) is 0 Å². The number of piperidine rings is 1. The number of carbonyl (C=O) groups excluding carboxylic acids is 1. The first-order valence-corrected chi connectivity index (χ1v) is 10.9. The van der Waals surface area contributed by atoms with E-state index >= 15 is 0 Å². The van der Waals surface area contributed by atoms with Crippen LogP contribution in [0, 0.1) is 0 Å². The normalized spacial score (nSPS) is 16.5. The molecular weight excluding hydrogens is 410 g/mol. The Morgan fingerprint density at radius 3 is 2.81 bits per heavy atom. The lowest BCUT2D eigenvalue weighted by molar-refractivity contribution is 0.0564. The average Bonchev–Trinajstić information content (AvgIpc) is 3.28. The first kappa shape index (κ1) is 19.8. The van der Waals surface area contributed by atoms with Crippen LogP contribution in [0.1, 0.15) is 53.0 Å². The second-order valence-electron chi connectivity index (χ2n) is 7.83. The van der Waals surface area contributed by atoms with Gasteiger partial charge in [-0.15, -0.1) is 0 Å². The zero-order valence-corrected chi connectivity index (χ0v) is 17.8. The number of oxazole rings is 1. The van der Waals surface area contributed by atoms with E-state index in [1.54, 1.807) is 12.3 Å². The summed E-state index contributed by atoms with van der Waals surface area (Å²) < 4.78 is 6.08. The van der Waals surface area contributed by atoms with Crippen LogP contribution in [0.25, 0.3) is 10.9 Å². The SMILES string of the molecule is O=C(c1ccc2ccccc2n1)N1CCCCC1c1ncc(Cc2ccccc2Cl)o1. The number of para-hydroxylation sites is 1. The number of amides is 1. The number of pyridine rings is 1. The highest BCUT2D eigenvalue weighted by atomic mass is 35.5. The molecule has 2 aromatic heterocycles. The molecule has 1 saturated heterocycles. The summed E-state index contributed by atoms with van der Waals surface area (Å²) in [5.41, 5.74) is 2.26. The van der Waals surface area contributed by atoms with Crippen LogP contribution in [-0.4, -0.2) is 27.3 Å². The van der Waals surface area contributed by atoms with Crippen molar-refractivity contribution in [3.05, 3.63) is 94.8 Å². The third-order valence-electron chi connectivity index (χ3n) is 5.76. The topological polar surface area (TPSA) is 59.2 Å². The van der Waals surface area contributed by atoms with Gasteiger partial charge in [0.15, 0.2) is 0 Å². The minimum absolute atomic E-state index is 0.0821. The van der Waals surface area contributed by atoms with Crippen LogP contribution < -0.4 is 0 Å². The highest BCUT2D eigenvalue weighted by molar-refractivity contribution is 6.31. The summed E-state index contributed by atoms with van der Waals surface area (Å²) in [6.45, 7) is 0.667. The summed E-state index contributed by atoms with van der Waals surface area (Å²) in [5, 5.41) is 1.73. The van der Waals surface area contributed by atoms with E-state index < -0.39 is 0 Å². The van der Waals surface area contributed by atoms with Crippen molar-refractivity contribution in [1.82, 2.24) is 14.9 Å². The van der Waals surface area contributed by atoms with Crippen LogP contribution in [0.2, 0.25) is 5.02 Å². The van der Waals surface area contributed by atoms with Crippen molar-refractivity contribution < 1.29 is 9.21 Å². The zero-order valence-electron chi connectivity index (χ0n) is 17.0. The molecule has 156 valence electrons. The summed E-state index contributed by atoms with van der Waals surface area (Å²) in [7, 11) is 0. The van der Waals surface area contributed by atoms with E-state index in [1.807, 2.05) is 59.5 Å². The Kier molecular flexibility index (Phi) is 5.43. The molecule has 0 N–H and O–H groups in total. The number of rotatable bonds is 4. The maximum atomic E-state index is 13.3. The summed E-state index contributed by atoms with van der Waals surface area (Å²) in [6, 6.07) is 19.1. The molecule has 2 aromatic carbocycles. The van der Waals surface area contributed by atoms with Gasteiger partial charge in [0.25, 0.3) is 5.91 Å². The predicted molar refractivity (Wildman–Crippen MR) is 120 cm³/mol. The van der Waals surface area contributed by atoms with Gasteiger partial charge in [-0.1, -0.05) is 54.1 Å². The van der Waals surface area contributed by atoms with Crippen LogP contribution in [0.3, 0.4) is 0 Å². The molecule has 31 heavy (non-hydrogen) atoms. The van der Waals surface area contributed by atoms with Gasteiger partial charge in [0.2, 0.25) is 5.89 Å². The number of nitrogens with zero attached hydrogens (tertiary/aromatic N) is 3. The number of hydrogen-bond acceptors (Lipinski definition) is 4. The third kappa shape index (κ3) is 4.06. The van der Waals surface area contributed by atoms with E-state index in [-0.39, 0.29) is 11.9 Å². The smallest absolute Gasteiger partial charge is 0.273 e. The lowest BCUT2D eigenvalue weighted by Gasteiger charge is -2.33. The van der Waals surface area contributed by atoms with Gasteiger partial charge in [0.1, 0.15) is 17.5 Å². The van der Waals surface area contributed by atoms with E-state index in [9.17, 15) is 4.79 Å². The van der Waals surface area contributed by atoms with Crippen LogP contribution >= 0.6 is 11.6 Å². The van der Waals surface area contributed by atoms with E-state index in [0.29, 0.717) is 29.6 Å². The number of likely N-dealkylation sites (tertiary alicyclic amines) is 1. The standard InChI is InChI=1S/C25H22ClN3O2/c26-20-9-3-1-8-18(20)15-19-16-27-24(31-19)23-11-5-6-14-29(23)25(30)22-13-12-17-7-2-4-10-21(17)28-22/h1-4,7-10,12-13,16,23H,5-6,11,14-15H2. The molecular formula is C25H22ClN3O2. The highest BCUT2D eigenvalue weighted by Gasteiger charge is 2.32. The summed E-state index contributed by atoms with van der Waals surface area (Å²) >= 11 is 6.28. The second-order valence-corrected chi connectivity index (χ2v) is 8.24. The van der Waals surface area contributed by atoms with Crippen molar-refractivity contribution in [2.24, 2.45) is 0 Å². The minimum Gasteiger partial charge on any atom is -0.443 e. The van der Waals surface area contributed by atoms with Gasteiger partial charge in [0, 0.05) is 23.4 Å². The van der Waals surface area contributed by atoms with E-state index in [0.717, 1.165) is 41.5 Å². The van der Waals surface area contributed by atoms with Crippen molar-refractivity contribution in [2.75, 3.05) is 6.54 Å². The quantitative estimate of drug-likeness (QED) is 0.407. The third-order valence-corrected chi connectivity index (χ3v) is 6.13. The largest absolute Gasteiger partial charge is 0.443 e. The second kappa shape index (κ2) is 8.52. The Hall–Kier alpha value is -3.18. The number of carbonyl (C=O) groups is 1. The molecule has 3 heterocycles. The monoisotopic (exact) mass is 431 g/mol.